The van der Waals surface area contributed by atoms with Gasteiger partial charge in [0.05, 0.1) is 0 Å². The number of fused-ring (bicyclic) bond motifs is 2. The summed E-state index contributed by atoms with van der Waals surface area (Å²) in [5.74, 6) is 3.30. The van der Waals surface area contributed by atoms with Crippen molar-refractivity contribution in [1.82, 2.24) is 9.80 Å². The van der Waals surface area contributed by atoms with E-state index < -0.39 is 11.9 Å². The molecule has 8 aliphatic rings. The first-order valence-electron chi connectivity index (χ1n) is 21.3. The van der Waals surface area contributed by atoms with Crippen LogP contribution in [0.5, 0.6) is 11.5 Å². The Morgan fingerprint density at radius 2 is 1.06 bits per heavy atom. The van der Waals surface area contributed by atoms with Gasteiger partial charge in [-0.1, -0.05) is 50.7 Å². The van der Waals surface area contributed by atoms with Gasteiger partial charge in [-0.15, -0.1) is 0 Å². The van der Waals surface area contributed by atoms with Crippen LogP contribution in [0, 0.1) is 23.7 Å². The lowest BCUT2D eigenvalue weighted by Gasteiger charge is -2.59. The minimum absolute atomic E-state index is 0.203. The summed E-state index contributed by atoms with van der Waals surface area (Å²) in [6.07, 6.45) is 25.9. The van der Waals surface area contributed by atoms with Crippen molar-refractivity contribution >= 4 is 11.9 Å². The molecule has 2 saturated heterocycles. The van der Waals surface area contributed by atoms with Crippen LogP contribution in [0.3, 0.4) is 0 Å². The Hall–Kier alpha value is -2.96. The molecular formula is C46H58N2O4. The molecule has 6 aliphatic carbocycles. The van der Waals surface area contributed by atoms with Gasteiger partial charge in [-0.2, -0.15) is 0 Å². The Kier molecular flexibility index (Phi) is 8.66. The van der Waals surface area contributed by atoms with Gasteiger partial charge in [-0.05, 0) is 160 Å². The van der Waals surface area contributed by atoms with Gasteiger partial charge in [0.15, 0.2) is 0 Å². The number of carbonyl (C=O) groups excluding carboxylic acids is 2. The number of likely N-dealkylation sites (tertiary alicyclic amines) is 2. The second-order valence-electron chi connectivity index (χ2n) is 18.5. The van der Waals surface area contributed by atoms with Crippen LogP contribution in [-0.4, -0.2) is 60.0 Å². The molecule has 6 nitrogen and oxygen atoms in total. The Labute approximate surface area is 310 Å². The molecule has 10 rings (SSSR count). The summed E-state index contributed by atoms with van der Waals surface area (Å²) < 4.78 is 11.7. The second-order valence-corrected chi connectivity index (χ2v) is 18.5. The SMILES string of the molecule is O=C(/C=C/C(=O)Oc1ccc2c(c1)[C@@]13CCCCC1[C@@H](C2)N(CC1CCC1)CC3)Oc1ccc2c(c1)[C@@]13CCCCC1[C@@H](C2)N(CC1CCC1)CC3. The number of hydrogen-bond donors (Lipinski definition) is 0. The zero-order chi connectivity index (χ0) is 34.9. The minimum Gasteiger partial charge on any atom is -0.423 e. The molecule has 0 spiro atoms. The summed E-state index contributed by atoms with van der Waals surface area (Å²) in [5, 5.41) is 0. The molecule has 2 unspecified atom stereocenters. The molecule has 2 heterocycles. The van der Waals surface area contributed by atoms with Gasteiger partial charge in [0, 0.05) is 48.2 Å². The van der Waals surface area contributed by atoms with Crippen molar-refractivity contribution in [2.45, 2.75) is 138 Å². The van der Waals surface area contributed by atoms with E-state index in [-0.39, 0.29) is 10.8 Å². The van der Waals surface area contributed by atoms with Crippen LogP contribution in [0.15, 0.2) is 48.6 Å². The van der Waals surface area contributed by atoms with E-state index in [0.717, 1.165) is 24.7 Å². The van der Waals surface area contributed by atoms with Gasteiger partial charge in [0.2, 0.25) is 0 Å². The maximum atomic E-state index is 13.1. The van der Waals surface area contributed by atoms with Gasteiger partial charge in [-0.25, -0.2) is 9.59 Å². The van der Waals surface area contributed by atoms with Crippen molar-refractivity contribution < 1.29 is 19.1 Å². The lowest BCUT2D eigenvalue weighted by molar-refractivity contribution is -0.131. The number of benzene rings is 2. The van der Waals surface area contributed by atoms with Gasteiger partial charge in [-0.3, -0.25) is 9.80 Å². The van der Waals surface area contributed by atoms with Crippen LogP contribution in [-0.2, 0) is 33.3 Å². The van der Waals surface area contributed by atoms with E-state index in [1.807, 2.05) is 12.1 Å². The smallest absolute Gasteiger partial charge is 0.336 e. The number of carbonyl (C=O) groups is 2. The summed E-state index contributed by atoms with van der Waals surface area (Å²) in [6.45, 7) is 4.95. The van der Waals surface area contributed by atoms with Crippen LogP contribution in [0.4, 0.5) is 0 Å². The van der Waals surface area contributed by atoms with Crippen molar-refractivity contribution in [3.63, 3.8) is 0 Å². The molecule has 6 heteroatoms. The molecule has 4 saturated carbocycles. The van der Waals surface area contributed by atoms with E-state index in [2.05, 4.69) is 34.1 Å². The predicted molar refractivity (Wildman–Crippen MR) is 203 cm³/mol. The van der Waals surface area contributed by atoms with Crippen molar-refractivity contribution in [3.05, 3.63) is 70.8 Å². The number of ether oxygens (including phenoxy) is 2. The van der Waals surface area contributed by atoms with E-state index >= 15 is 0 Å². The maximum Gasteiger partial charge on any atom is 0.336 e. The summed E-state index contributed by atoms with van der Waals surface area (Å²) in [7, 11) is 0. The minimum atomic E-state index is -0.535. The molecule has 2 aromatic rings. The van der Waals surface area contributed by atoms with E-state index in [1.54, 1.807) is 0 Å². The fraction of sp³-hybridized carbons (Fsp3) is 0.652. The van der Waals surface area contributed by atoms with E-state index in [9.17, 15) is 9.59 Å². The third-order valence-electron chi connectivity index (χ3n) is 16.1. The molecule has 6 atom stereocenters. The Morgan fingerprint density at radius 3 is 1.48 bits per heavy atom. The molecule has 0 N–H and O–H groups in total. The highest BCUT2D eigenvalue weighted by molar-refractivity contribution is 5.93. The lowest BCUT2D eigenvalue weighted by Crippen LogP contribution is -2.61. The largest absolute Gasteiger partial charge is 0.423 e. The van der Waals surface area contributed by atoms with Gasteiger partial charge in [0.25, 0.3) is 0 Å². The average Bonchev–Trinajstić information content (AvgIpc) is 3.12. The molecule has 0 aromatic heterocycles. The number of piperidine rings is 2. The first kappa shape index (κ1) is 33.6. The van der Waals surface area contributed by atoms with E-state index in [0.29, 0.717) is 35.4 Å². The highest BCUT2D eigenvalue weighted by Gasteiger charge is 2.55. The zero-order valence-electron chi connectivity index (χ0n) is 31.2. The summed E-state index contributed by atoms with van der Waals surface area (Å²) in [5.41, 5.74) is 6.14. The third-order valence-corrected chi connectivity index (χ3v) is 16.1. The highest BCUT2D eigenvalue weighted by Crippen LogP contribution is 2.58. The van der Waals surface area contributed by atoms with Gasteiger partial charge >= 0.3 is 11.9 Å². The molecule has 4 bridgehead atoms. The average molecular weight is 703 g/mol. The van der Waals surface area contributed by atoms with Crippen molar-refractivity contribution in [2.75, 3.05) is 26.2 Å². The monoisotopic (exact) mass is 702 g/mol. The normalized spacial score (nSPS) is 34.2. The fourth-order valence-electron chi connectivity index (χ4n) is 13.2. The zero-order valence-corrected chi connectivity index (χ0v) is 31.2. The molecule has 2 aliphatic heterocycles. The standard InChI is InChI=1S/C46H58N2O4/c49-43(51-35-15-13-33-25-41-37-11-1-3-19-45(37,39(33)27-35)21-23-47(41)29-31-7-5-8-31)17-18-44(50)52-36-16-14-34-26-42-38-12-2-4-20-46(38,40(34)28-36)22-24-48(42)30-32-9-6-10-32/h13-18,27-28,31-32,37-38,41-42H,1-12,19-26,29-30H2/b18-17+/t37?,38?,41-,42-,45-,46-/m1/s1. The summed E-state index contributed by atoms with van der Waals surface area (Å²) in [4.78, 5) is 31.8. The Bertz CT molecular complexity index is 1620. The molecule has 52 heavy (non-hydrogen) atoms. The van der Waals surface area contributed by atoms with Crippen LogP contribution in [0.2, 0.25) is 0 Å². The molecule has 276 valence electrons. The molecule has 2 aromatic carbocycles. The van der Waals surface area contributed by atoms with E-state index in [4.69, 9.17) is 9.47 Å². The lowest BCUT2D eigenvalue weighted by atomic mass is 9.52. The van der Waals surface area contributed by atoms with E-state index in [1.165, 1.54) is 163 Å². The molecule has 0 amide bonds. The summed E-state index contributed by atoms with van der Waals surface area (Å²) >= 11 is 0. The molecular weight excluding hydrogens is 645 g/mol. The molecule has 6 fully saturated rings. The quantitative estimate of drug-likeness (QED) is 0.156. The Balaban J connectivity index is 0.811. The Morgan fingerprint density at radius 1 is 0.596 bits per heavy atom. The van der Waals surface area contributed by atoms with Crippen LogP contribution >= 0.6 is 0 Å². The first-order valence-corrected chi connectivity index (χ1v) is 21.3. The second kappa shape index (κ2) is 13.4. The molecule has 0 radical (unpaired) electrons. The van der Waals surface area contributed by atoms with Crippen molar-refractivity contribution in [1.29, 1.82) is 0 Å². The third kappa shape index (κ3) is 5.72. The van der Waals surface area contributed by atoms with Gasteiger partial charge in [0.1, 0.15) is 11.5 Å². The number of esters is 2. The van der Waals surface area contributed by atoms with Crippen LogP contribution in [0.25, 0.3) is 0 Å². The maximum absolute atomic E-state index is 13.1. The fourth-order valence-corrected chi connectivity index (χ4v) is 13.2. The van der Waals surface area contributed by atoms with Gasteiger partial charge < -0.3 is 9.47 Å². The number of rotatable bonds is 8. The van der Waals surface area contributed by atoms with Crippen LogP contribution < -0.4 is 9.47 Å². The topological polar surface area (TPSA) is 59.1 Å². The predicted octanol–water partition coefficient (Wildman–Crippen LogP) is 8.47. The number of hydrogen-bond acceptors (Lipinski definition) is 6. The van der Waals surface area contributed by atoms with Crippen LogP contribution in [0.1, 0.15) is 125 Å². The number of nitrogens with zero attached hydrogens (tertiary/aromatic N) is 2. The highest BCUT2D eigenvalue weighted by atomic mass is 16.5. The van der Waals surface area contributed by atoms with Crippen molar-refractivity contribution in [3.8, 4) is 11.5 Å². The van der Waals surface area contributed by atoms with Crippen molar-refractivity contribution in [2.24, 2.45) is 23.7 Å². The first-order chi connectivity index (χ1) is 25.5. The summed E-state index contributed by atoms with van der Waals surface area (Å²) in [6, 6.07) is 14.0.